The largest absolute Gasteiger partial charge is 0.354 e. The molecule has 0 fully saturated rings. The van der Waals surface area contributed by atoms with Crippen LogP contribution in [0.25, 0.3) is 22.4 Å². The third kappa shape index (κ3) is 3.80. The number of benzene rings is 1. The van der Waals surface area contributed by atoms with Crippen LogP contribution in [0.15, 0.2) is 67.1 Å². The van der Waals surface area contributed by atoms with Gasteiger partial charge in [-0.25, -0.2) is 4.39 Å². The highest BCUT2D eigenvalue weighted by Crippen LogP contribution is 2.37. The summed E-state index contributed by atoms with van der Waals surface area (Å²) in [6.07, 6.45) is 5.52. The minimum atomic E-state index is -0.314. The van der Waals surface area contributed by atoms with Gasteiger partial charge in [0.2, 0.25) is 5.91 Å². The van der Waals surface area contributed by atoms with Crippen molar-refractivity contribution in [2.75, 3.05) is 5.32 Å². The highest BCUT2D eigenvalue weighted by Gasteiger charge is 2.21. The predicted molar refractivity (Wildman–Crippen MR) is 110 cm³/mol. The number of amides is 1. The summed E-state index contributed by atoms with van der Waals surface area (Å²) in [4.78, 5) is 16.8. The zero-order chi connectivity index (χ0) is 20.4. The molecule has 0 spiro atoms. The van der Waals surface area contributed by atoms with Gasteiger partial charge in [0.05, 0.1) is 12.0 Å². The zero-order valence-corrected chi connectivity index (χ0v) is 16.1. The minimum absolute atomic E-state index is 0.143. The molecule has 146 valence electrons. The van der Waals surface area contributed by atoms with Crippen molar-refractivity contribution in [3.63, 3.8) is 0 Å². The van der Waals surface area contributed by atoms with Gasteiger partial charge in [-0.1, -0.05) is 0 Å². The molecule has 4 aromatic rings. The number of carbonyl (C=O) groups excluding carboxylic acids is 1. The van der Waals surface area contributed by atoms with E-state index >= 15 is 0 Å². The number of hydrogen-bond acceptors (Lipinski definition) is 3. The first-order valence-electron chi connectivity index (χ1n) is 9.16. The molecule has 6 nitrogen and oxygen atoms in total. The van der Waals surface area contributed by atoms with Gasteiger partial charge >= 0.3 is 0 Å². The van der Waals surface area contributed by atoms with Crippen LogP contribution in [0.3, 0.4) is 0 Å². The van der Waals surface area contributed by atoms with Gasteiger partial charge < -0.3 is 9.88 Å². The van der Waals surface area contributed by atoms with E-state index in [1.807, 2.05) is 42.1 Å². The molecule has 0 bridgehead atoms. The summed E-state index contributed by atoms with van der Waals surface area (Å²) in [5.41, 5.74) is 3.96. The van der Waals surface area contributed by atoms with Gasteiger partial charge in [0, 0.05) is 43.9 Å². The highest BCUT2D eigenvalue weighted by molar-refractivity contribution is 5.98. The fraction of sp³-hybridized carbons (Fsp3) is 0.136. The van der Waals surface area contributed by atoms with Crippen LogP contribution in [0.5, 0.6) is 0 Å². The van der Waals surface area contributed by atoms with Gasteiger partial charge in [0.25, 0.3) is 0 Å². The number of hydrogen-bond donors (Lipinski definition) is 1. The molecular formula is C22H20FN5O. The summed E-state index contributed by atoms with van der Waals surface area (Å²) >= 11 is 0. The molecule has 1 amide bonds. The van der Waals surface area contributed by atoms with E-state index in [0.29, 0.717) is 11.5 Å². The smallest absolute Gasteiger partial charge is 0.231 e. The summed E-state index contributed by atoms with van der Waals surface area (Å²) in [5.74, 6) is 0.122. The van der Waals surface area contributed by atoms with Gasteiger partial charge in [0.1, 0.15) is 17.3 Å². The Morgan fingerprint density at radius 1 is 1.03 bits per heavy atom. The second-order valence-electron chi connectivity index (χ2n) is 6.77. The van der Waals surface area contributed by atoms with E-state index in [1.165, 1.54) is 12.1 Å². The zero-order valence-electron chi connectivity index (χ0n) is 16.1. The molecule has 7 heteroatoms. The first kappa shape index (κ1) is 18.6. The van der Waals surface area contributed by atoms with Gasteiger partial charge in [0.15, 0.2) is 0 Å². The van der Waals surface area contributed by atoms with E-state index < -0.39 is 0 Å². The first-order valence-corrected chi connectivity index (χ1v) is 9.16. The van der Waals surface area contributed by atoms with Crippen LogP contribution < -0.4 is 5.32 Å². The molecule has 0 aliphatic heterocycles. The van der Waals surface area contributed by atoms with Crippen LogP contribution in [0.2, 0.25) is 0 Å². The maximum Gasteiger partial charge on any atom is 0.231 e. The molecule has 1 aromatic carbocycles. The standard InChI is InChI=1S/C22H20FN5O/c1-27-13-3-4-18(27)14-19(29)25-22-20(15-9-11-24-12-10-15)21(26-28(22)2)16-5-7-17(23)8-6-16/h3-13H,14H2,1-2H3,(H,25,29). The molecule has 0 radical (unpaired) electrons. The van der Waals surface area contributed by atoms with Crippen LogP contribution >= 0.6 is 0 Å². The molecule has 3 heterocycles. The van der Waals surface area contributed by atoms with Crippen molar-refractivity contribution >= 4 is 11.7 Å². The van der Waals surface area contributed by atoms with E-state index in [2.05, 4.69) is 15.4 Å². The average Bonchev–Trinajstić information content (AvgIpc) is 3.26. The Kier molecular flexibility index (Phi) is 4.95. The lowest BCUT2D eigenvalue weighted by Crippen LogP contribution is -2.18. The van der Waals surface area contributed by atoms with Crippen molar-refractivity contribution < 1.29 is 9.18 Å². The summed E-state index contributed by atoms with van der Waals surface area (Å²) in [7, 11) is 3.68. The van der Waals surface area contributed by atoms with E-state index in [-0.39, 0.29) is 18.1 Å². The Labute approximate surface area is 167 Å². The number of anilines is 1. The van der Waals surface area contributed by atoms with Crippen molar-refractivity contribution in [2.24, 2.45) is 14.1 Å². The van der Waals surface area contributed by atoms with Crippen molar-refractivity contribution in [1.82, 2.24) is 19.3 Å². The second kappa shape index (κ2) is 7.71. The highest BCUT2D eigenvalue weighted by atomic mass is 19.1. The number of nitrogens with one attached hydrogen (secondary N) is 1. The monoisotopic (exact) mass is 389 g/mol. The molecule has 29 heavy (non-hydrogen) atoms. The maximum atomic E-state index is 13.4. The summed E-state index contributed by atoms with van der Waals surface area (Å²) in [5, 5.41) is 7.61. The summed E-state index contributed by atoms with van der Waals surface area (Å²) in [6.45, 7) is 0. The van der Waals surface area contributed by atoms with Gasteiger partial charge in [-0.15, -0.1) is 0 Å². The van der Waals surface area contributed by atoms with Crippen LogP contribution in [0.4, 0.5) is 10.2 Å². The Bertz CT molecular complexity index is 1150. The quantitative estimate of drug-likeness (QED) is 0.565. The number of aryl methyl sites for hydroxylation is 2. The van der Waals surface area contributed by atoms with E-state index in [9.17, 15) is 9.18 Å². The third-order valence-electron chi connectivity index (χ3n) is 4.78. The second-order valence-corrected chi connectivity index (χ2v) is 6.77. The topological polar surface area (TPSA) is 64.7 Å². The van der Waals surface area contributed by atoms with Crippen LogP contribution in [-0.2, 0) is 25.3 Å². The van der Waals surface area contributed by atoms with E-state index in [4.69, 9.17) is 0 Å². The van der Waals surface area contributed by atoms with Crippen molar-refractivity contribution in [3.8, 4) is 22.4 Å². The lowest BCUT2D eigenvalue weighted by molar-refractivity contribution is -0.115. The summed E-state index contributed by atoms with van der Waals surface area (Å²) in [6, 6.07) is 13.7. The lowest BCUT2D eigenvalue weighted by Gasteiger charge is -2.10. The van der Waals surface area contributed by atoms with Crippen molar-refractivity contribution in [1.29, 1.82) is 0 Å². The normalized spacial score (nSPS) is 10.9. The maximum absolute atomic E-state index is 13.4. The average molecular weight is 389 g/mol. The number of halogens is 1. The minimum Gasteiger partial charge on any atom is -0.354 e. The van der Waals surface area contributed by atoms with Crippen molar-refractivity contribution in [3.05, 3.63) is 78.6 Å². The Morgan fingerprint density at radius 2 is 1.76 bits per heavy atom. The SMILES string of the molecule is Cn1cccc1CC(=O)Nc1c(-c2ccncc2)c(-c2ccc(F)cc2)nn1C. The molecule has 0 aliphatic carbocycles. The number of carbonyl (C=O) groups is 1. The molecule has 0 aliphatic rings. The van der Waals surface area contributed by atoms with Gasteiger partial charge in [-0.3, -0.25) is 14.5 Å². The molecule has 1 N–H and O–H groups in total. The van der Waals surface area contributed by atoms with Gasteiger partial charge in [-0.2, -0.15) is 5.10 Å². The fourth-order valence-electron chi connectivity index (χ4n) is 3.29. The van der Waals surface area contributed by atoms with Gasteiger partial charge in [-0.05, 0) is 54.1 Å². The van der Waals surface area contributed by atoms with Crippen LogP contribution in [-0.4, -0.2) is 25.2 Å². The number of rotatable bonds is 5. The lowest BCUT2D eigenvalue weighted by atomic mass is 10.0. The number of aromatic nitrogens is 4. The van der Waals surface area contributed by atoms with Crippen LogP contribution in [0.1, 0.15) is 5.69 Å². The summed E-state index contributed by atoms with van der Waals surface area (Å²) < 4.78 is 17.0. The number of nitrogens with zero attached hydrogens (tertiary/aromatic N) is 4. The molecule has 0 saturated heterocycles. The molecule has 4 rings (SSSR count). The first-order chi connectivity index (χ1) is 14.0. The van der Waals surface area contributed by atoms with E-state index in [0.717, 1.165) is 22.4 Å². The molecule has 3 aromatic heterocycles. The van der Waals surface area contributed by atoms with E-state index in [1.54, 1.807) is 36.3 Å². The Hall–Kier alpha value is -3.74. The molecular weight excluding hydrogens is 369 g/mol. The van der Waals surface area contributed by atoms with Crippen molar-refractivity contribution in [2.45, 2.75) is 6.42 Å². The molecule has 0 atom stereocenters. The molecule has 0 unspecified atom stereocenters. The number of pyridine rings is 1. The Morgan fingerprint density at radius 3 is 2.41 bits per heavy atom. The third-order valence-corrected chi connectivity index (χ3v) is 4.78. The Balaban J connectivity index is 1.76. The fourth-order valence-corrected chi connectivity index (χ4v) is 3.29. The van der Waals surface area contributed by atoms with Crippen LogP contribution in [0, 0.1) is 5.82 Å². The molecule has 0 saturated carbocycles. The predicted octanol–water partition coefficient (Wildman–Crippen LogP) is 3.81.